The lowest BCUT2D eigenvalue weighted by Gasteiger charge is -2.27. The fourth-order valence-electron chi connectivity index (χ4n) is 4.69. The minimum Gasteiger partial charge on any atom is -0.497 e. The van der Waals surface area contributed by atoms with Gasteiger partial charge in [-0.1, -0.05) is 62.4 Å². The zero-order valence-corrected chi connectivity index (χ0v) is 19.9. The van der Waals surface area contributed by atoms with E-state index in [0.717, 1.165) is 23.6 Å². The van der Waals surface area contributed by atoms with Gasteiger partial charge in [-0.05, 0) is 54.4 Å². The molecule has 1 heterocycles. The number of hydrogen-bond acceptors (Lipinski definition) is 4. The van der Waals surface area contributed by atoms with Gasteiger partial charge in [-0.15, -0.1) is 0 Å². The summed E-state index contributed by atoms with van der Waals surface area (Å²) in [7, 11) is 1.64. The topological polar surface area (TPSA) is 71.9 Å². The van der Waals surface area contributed by atoms with Crippen molar-refractivity contribution in [1.82, 2.24) is 20.1 Å². The summed E-state index contributed by atoms with van der Waals surface area (Å²) in [6.45, 7) is 0.466. The van der Waals surface area contributed by atoms with Crippen molar-refractivity contribution in [2.75, 3.05) is 7.11 Å². The molecule has 4 rings (SSSR count). The summed E-state index contributed by atoms with van der Waals surface area (Å²) in [5.74, 6) is 2.21. The standard InChI is InChI=1S/C26H32N4O2S/c1-32-22-14-12-21(13-15-22)25-28-29-26(33)30(25)17-16-24(31)27-23(20-10-6-3-7-11-20)18-19-8-4-2-5-9-19/h3,6-7,10-15,19,23H,2,4-5,8-9,16-18H2,1H3,(H,27,31)(H,29,33). The number of nitrogens with zero attached hydrogens (tertiary/aromatic N) is 2. The Bertz CT molecular complexity index is 1090. The first-order valence-corrected chi connectivity index (χ1v) is 12.2. The first-order chi connectivity index (χ1) is 16.1. The van der Waals surface area contributed by atoms with Crippen LogP contribution in [0.2, 0.25) is 0 Å². The number of ether oxygens (including phenoxy) is 1. The van der Waals surface area contributed by atoms with E-state index in [4.69, 9.17) is 17.0 Å². The normalized spacial score (nSPS) is 15.2. The van der Waals surface area contributed by atoms with Crippen molar-refractivity contribution in [1.29, 1.82) is 0 Å². The van der Waals surface area contributed by atoms with E-state index >= 15 is 0 Å². The van der Waals surface area contributed by atoms with Crippen molar-refractivity contribution in [3.63, 3.8) is 0 Å². The van der Waals surface area contributed by atoms with Crippen LogP contribution >= 0.6 is 12.2 Å². The Balaban J connectivity index is 1.43. The van der Waals surface area contributed by atoms with Gasteiger partial charge in [0.1, 0.15) is 5.75 Å². The molecule has 0 aliphatic heterocycles. The van der Waals surface area contributed by atoms with Gasteiger partial charge in [0, 0.05) is 18.5 Å². The molecule has 2 N–H and O–H groups in total. The number of aromatic amines is 1. The highest BCUT2D eigenvalue weighted by Crippen LogP contribution is 2.32. The Morgan fingerprint density at radius 2 is 1.88 bits per heavy atom. The molecule has 0 radical (unpaired) electrons. The molecule has 1 fully saturated rings. The average molecular weight is 465 g/mol. The first kappa shape index (κ1) is 23.2. The molecule has 2 aromatic carbocycles. The van der Waals surface area contributed by atoms with Gasteiger partial charge < -0.3 is 10.1 Å². The van der Waals surface area contributed by atoms with Gasteiger partial charge in [-0.2, -0.15) is 5.10 Å². The van der Waals surface area contributed by atoms with Crippen LogP contribution in [-0.4, -0.2) is 27.8 Å². The summed E-state index contributed by atoms with van der Waals surface area (Å²) in [5, 5.41) is 10.5. The predicted molar refractivity (Wildman–Crippen MR) is 133 cm³/mol. The zero-order valence-electron chi connectivity index (χ0n) is 19.1. The molecule has 1 aromatic heterocycles. The van der Waals surface area contributed by atoms with Gasteiger partial charge in [0.15, 0.2) is 10.6 Å². The molecule has 1 saturated carbocycles. The minimum atomic E-state index is 0.0310. The molecule has 33 heavy (non-hydrogen) atoms. The number of H-pyrrole nitrogens is 1. The third-order valence-electron chi connectivity index (χ3n) is 6.50. The second-order valence-electron chi connectivity index (χ2n) is 8.75. The highest BCUT2D eigenvalue weighted by molar-refractivity contribution is 7.71. The molecular formula is C26H32N4O2S. The number of benzene rings is 2. The molecule has 1 atom stereocenters. The van der Waals surface area contributed by atoms with E-state index in [0.29, 0.717) is 23.7 Å². The molecule has 7 heteroatoms. The number of carbonyl (C=O) groups is 1. The Hall–Kier alpha value is -2.93. The van der Waals surface area contributed by atoms with Gasteiger partial charge in [0.05, 0.1) is 13.2 Å². The molecular weight excluding hydrogens is 432 g/mol. The molecule has 1 aliphatic rings. The Morgan fingerprint density at radius 3 is 2.58 bits per heavy atom. The van der Waals surface area contributed by atoms with E-state index in [1.54, 1.807) is 7.11 Å². The molecule has 0 spiro atoms. The number of methoxy groups -OCH3 is 1. The number of nitrogens with one attached hydrogen (secondary N) is 2. The van der Waals surface area contributed by atoms with E-state index in [-0.39, 0.29) is 11.9 Å². The summed E-state index contributed by atoms with van der Waals surface area (Å²) >= 11 is 5.43. The molecule has 3 aromatic rings. The van der Waals surface area contributed by atoms with Crippen LogP contribution in [0.15, 0.2) is 54.6 Å². The minimum absolute atomic E-state index is 0.0310. The molecule has 1 amide bonds. The van der Waals surface area contributed by atoms with Crippen LogP contribution in [0.25, 0.3) is 11.4 Å². The average Bonchev–Trinajstić information content (AvgIpc) is 3.23. The monoisotopic (exact) mass is 464 g/mol. The lowest BCUT2D eigenvalue weighted by Crippen LogP contribution is -2.31. The number of rotatable bonds is 9. The van der Waals surface area contributed by atoms with Crippen molar-refractivity contribution >= 4 is 18.1 Å². The smallest absolute Gasteiger partial charge is 0.222 e. The lowest BCUT2D eigenvalue weighted by atomic mass is 9.83. The van der Waals surface area contributed by atoms with E-state index in [2.05, 4.69) is 27.6 Å². The Labute approximate surface area is 200 Å². The third-order valence-corrected chi connectivity index (χ3v) is 6.81. The number of amides is 1. The SMILES string of the molecule is COc1ccc(-c2n[nH]c(=S)n2CCC(=O)NC(CC2CCCCC2)c2ccccc2)cc1. The fourth-order valence-corrected chi connectivity index (χ4v) is 4.91. The molecule has 1 aliphatic carbocycles. The Kier molecular flexibility index (Phi) is 7.94. The zero-order chi connectivity index (χ0) is 23.0. The van der Waals surface area contributed by atoms with Gasteiger partial charge in [0.25, 0.3) is 0 Å². The van der Waals surface area contributed by atoms with Crippen molar-refractivity contribution in [3.05, 3.63) is 64.9 Å². The highest BCUT2D eigenvalue weighted by atomic mass is 32.1. The van der Waals surface area contributed by atoms with Gasteiger partial charge in [-0.3, -0.25) is 14.5 Å². The predicted octanol–water partition coefficient (Wildman–Crippen LogP) is 5.83. The summed E-state index contributed by atoms with van der Waals surface area (Å²) in [5.41, 5.74) is 2.10. The number of hydrogen-bond donors (Lipinski definition) is 2. The number of carbonyl (C=O) groups excluding carboxylic acids is 1. The molecule has 0 saturated heterocycles. The maximum atomic E-state index is 13.0. The molecule has 174 valence electrons. The van der Waals surface area contributed by atoms with Crippen LogP contribution in [0.5, 0.6) is 5.75 Å². The fraction of sp³-hybridized carbons (Fsp3) is 0.423. The molecule has 1 unspecified atom stereocenters. The second-order valence-corrected chi connectivity index (χ2v) is 9.14. The molecule has 0 bridgehead atoms. The van der Waals surface area contributed by atoms with Gasteiger partial charge in [-0.25, -0.2) is 0 Å². The second kappa shape index (κ2) is 11.3. The van der Waals surface area contributed by atoms with Crippen LogP contribution in [-0.2, 0) is 11.3 Å². The van der Waals surface area contributed by atoms with Crippen LogP contribution in [0, 0.1) is 10.7 Å². The van der Waals surface area contributed by atoms with Gasteiger partial charge in [0.2, 0.25) is 5.91 Å². The van der Waals surface area contributed by atoms with Gasteiger partial charge >= 0.3 is 0 Å². The summed E-state index contributed by atoms with van der Waals surface area (Å²) in [6, 6.07) is 18.0. The van der Waals surface area contributed by atoms with Crippen LogP contribution in [0.4, 0.5) is 0 Å². The van der Waals surface area contributed by atoms with Crippen LogP contribution in [0.1, 0.15) is 56.6 Å². The number of aromatic nitrogens is 3. The summed E-state index contributed by atoms with van der Waals surface area (Å²) in [4.78, 5) is 13.0. The van der Waals surface area contributed by atoms with Crippen molar-refractivity contribution in [3.8, 4) is 17.1 Å². The van der Waals surface area contributed by atoms with E-state index in [9.17, 15) is 4.79 Å². The Morgan fingerprint density at radius 1 is 1.15 bits per heavy atom. The summed E-state index contributed by atoms with van der Waals surface area (Å²) in [6.07, 6.45) is 7.78. The maximum absolute atomic E-state index is 13.0. The highest BCUT2D eigenvalue weighted by Gasteiger charge is 2.22. The molecule has 6 nitrogen and oxygen atoms in total. The quantitative estimate of drug-likeness (QED) is 0.391. The van der Waals surface area contributed by atoms with Crippen molar-refractivity contribution in [2.45, 2.75) is 57.5 Å². The first-order valence-electron chi connectivity index (χ1n) is 11.8. The van der Waals surface area contributed by atoms with E-state index < -0.39 is 0 Å². The third kappa shape index (κ3) is 6.11. The van der Waals surface area contributed by atoms with E-state index in [1.807, 2.05) is 47.0 Å². The van der Waals surface area contributed by atoms with Crippen LogP contribution in [0.3, 0.4) is 0 Å². The lowest BCUT2D eigenvalue weighted by molar-refractivity contribution is -0.122. The van der Waals surface area contributed by atoms with Crippen LogP contribution < -0.4 is 10.1 Å². The largest absolute Gasteiger partial charge is 0.497 e. The van der Waals surface area contributed by atoms with E-state index in [1.165, 1.54) is 37.7 Å². The van der Waals surface area contributed by atoms with Crippen molar-refractivity contribution < 1.29 is 9.53 Å². The summed E-state index contributed by atoms with van der Waals surface area (Å²) < 4.78 is 7.63. The van der Waals surface area contributed by atoms with Crippen molar-refractivity contribution in [2.24, 2.45) is 5.92 Å². The maximum Gasteiger partial charge on any atom is 0.222 e.